The summed E-state index contributed by atoms with van der Waals surface area (Å²) in [7, 11) is 0. The van der Waals surface area contributed by atoms with Crippen LogP contribution in [0.3, 0.4) is 0 Å². The molecule has 0 aromatic heterocycles. The fourth-order valence-electron chi connectivity index (χ4n) is 3.43. The van der Waals surface area contributed by atoms with Gasteiger partial charge in [0, 0.05) is 21.8 Å². The summed E-state index contributed by atoms with van der Waals surface area (Å²) < 4.78 is 0. The topological polar surface area (TPSA) is 66.4 Å². The SMILES string of the molecule is Cc1cc(C)c(C(=O)C[C@]2(O)C(=O)Nc3ccc(Cl)cc32)c(C)c1. The van der Waals surface area contributed by atoms with Crippen LogP contribution in [-0.4, -0.2) is 16.8 Å². The zero-order valence-corrected chi connectivity index (χ0v) is 14.5. The van der Waals surface area contributed by atoms with Crippen LogP contribution in [0.25, 0.3) is 0 Å². The summed E-state index contributed by atoms with van der Waals surface area (Å²) in [5.41, 5.74) is 2.22. The quantitative estimate of drug-likeness (QED) is 0.835. The van der Waals surface area contributed by atoms with Gasteiger partial charge in [-0.25, -0.2) is 0 Å². The van der Waals surface area contributed by atoms with Crippen molar-refractivity contribution in [3.63, 3.8) is 0 Å². The third-order valence-corrected chi connectivity index (χ3v) is 4.66. The van der Waals surface area contributed by atoms with Gasteiger partial charge in [-0.2, -0.15) is 0 Å². The summed E-state index contributed by atoms with van der Waals surface area (Å²) in [5.74, 6) is -0.869. The summed E-state index contributed by atoms with van der Waals surface area (Å²) in [6, 6.07) is 8.62. The molecule has 0 spiro atoms. The number of halogens is 1. The average molecular weight is 344 g/mol. The van der Waals surface area contributed by atoms with Crippen LogP contribution < -0.4 is 5.32 Å². The lowest BCUT2D eigenvalue weighted by molar-refractivity contribution is -0.133. The molecule has 1 aliphatic rings. The predicted molar refractivity (Wildman–Crippen MR) is 93.6 cm³/mol. The molecule has 124 valence electrons. The highest BCUT2D eigenvalue weighted by atomic mass is 35.5. The minimum Gasteiger partial charge on any atom is -0.375 e. The number of carbonyl (C=O) groups excluding carboxylic acids is 2. The minimum absolute atomic E-state index is 0.268. The maximum absolute atomic E-state index is 12.8. The van der Waals surface area contributed by atoms with E-state index >= 15 is 0 Å². The van der Waals surface area contributed by atoms with Crippen molar-refractivity contribution in [2.24, 2.45) is 0 Å². The maximum atomic E-state index is 12.8. The molecule has 0 fully saturated rings. The summed E-state index contributed by atoms with van der Waals surface area (Å²) in [6.45, 7) is 5.68. The molecule has 0 bridgehead atoms. The zero-order chi connectivity index (χ0) is 17.6. The minimum atomic E-state index is -1.90. The summed E-state index contributed by atoms with van der Waals surface area (Å²) >= 11 is 5.98. The lowest BCUT2D eigenvalue weighted by Crippen LogP contribution is -2.36. The van der Waals surface area contributed by atoms with Crippen molar-refractivity contribution in [1.29, 1.82) is 0 Å². The van der Waals surface area contributed by atoms with Crippen LogP contribution in [0.5, 0.6) is 0 Å². The number of amides is 1. The summed E-state index contributed by atoms with van der Waals surface area (Å²) in [6.07, 6.45) is -0.323. The molecule has 0 saturated heterocycles. The van der Waals surface area contributed by atoms with Crippen molar-refractivity contribution < 1.29 is 14.7 Å². The molecule has 1 amide bonds. The second-order valence-corrected chi connectivity index (χ2v) is 6.81. The molecule has 0 unspecified atom stereocenters. The lowest BCUT2D eigenvalue weighted by Gasteiger charge is -2.21. The number of rotatable bonds is 3. The van der Waals surface area contributed by atoms with Gasteiger partial charge in [0.1, 0.15) is 0 Å². The number of aryl methyl sites for hydroxylation is 3. The fourth-order valence-corrected chi connectivity index (χ4v) is 3.60. The molecule has 0 radical (unpaired) electrons. The van der Waals surface area contributed by atoms with Gasteiger partial charge in [0.25, 0.3) is 5.91 Å². The molecule has 1 atom stereocenters. The van der Waals surface area contributed by atoms with E-state index in [-0.39, 0.29) is 12.2 Å². The molecule has 2 N–H and O–H groups in total. The number of nitrogens with one attached hydrogen (secondary N) is 1. The van der Waals surface area contributed by atoms with Gasteiger partial charge >= 0.3 is 0 Å². The first kappa shape index (κ1) is 16.7. The first-order valence-electron chi connectivity index (χ1n) is 7.67. The molecule has 1 heterocycles. The second kappa shape index (κ2) is 5.72. The van der Waals surface area contributed by atoms with Gasteiger partial charge in [-0.15, -0.1) is 0 Å². The van der Waals surface area contributed by atoms with Gasteiger partial charge in [-0.1, -0.05) is 29.3 Å². The lowest BCUT2D eigenvalue weighted by atomic mass is 9.85. The van der Waals surface area contributed by atoms with Crippen LogP contribution in [0, 0.1) is 20.8 Å². The maximum Gasteiger partial charge on any atom is 0.261 e. The van der Waals surface area contributed by atoms with Crippen molar-refractivity contribution in [3.05, 3.63) is 63.2 Å². The van der Waals surface area contributed by atoms with E-state index in [0.29, 0.717) is 21.8 Å². The van der Waals surface area contributed by atoms with Crippen LogP contribution in [0.4, 0.5) is 5.69 Å². The van der Waals surface area contributed by atoms with Gasteiger partial charge in [0.2, 0.25) is 0 Å². The largest absolute Gasteiger partial charge is 0.375 e. The molecule has 5 heteroatoms. The molecule has 2 aromatic rings. The third kappa shape index (κ3) is 2.62. The Morgan fingerprint density at radius 2 is 1.79 bits per heavy atom. The Bertz CT molecular complexity index is 852. The Kier molecular flexibility index (Phi) is 3.98. The van der Waals surface area contributed by atoms with E-state index in [1.54, 1.807) is 12.1 Å². The second-order valence-electron chi connectivity index (χ2n) is 6.38. The van der Waals surface area contributed by atoms with E-state index in [2.05, 4.69) is 5.32 Å². The highest BCUT2D eigenvalue weighted by Crippen LogP contribution is 2.40. The van der Waals surface area contributed by atoms with Crippen LogP contribution in [0.2, 0.25) is 5.02 Å². The van der Waals surface area contributed by atoms with Gasteiger partial charge in [-0.05, 0) is 50.1 Å². The Morgan fingerprint density at radius 1 is 1.17 bits per heavy atom. The molecular formula is C19H18ClNO3. The van der Waals surface area contributed by atoms with Crippen molar-refractivity contribution in [2.75, 3.05) is 5.32 Å². The molecule has 2 aromatic carbocycles. The van der Waals surface area contributed by atoms with E-state index in [9.17, 15) is 14.7 Å². The monoisotopic (exact) mass is 343 g/mol. The Balaban J connectivity index is 2.01. The molecule has 4 nitrogen and oxygen atoms in total. The fraction of sp³-hybridized carbons (Fsp3) is 0.263. The first-order valence-corrected chi connectivity index (χ1v) is 8.05. The Morgan fingerprint density at radius 3 is 2.42 bits per heavy atom. The predicted octanol–water partition coefficient (Wildman–Crippen LogP) is 3.68. The Hall–Kier alpha value is -2.17. The number of hydrogen-bond acceptors (Lipinski definition) is 3. The number of benzene rings is 2. The molecular weight excluding hydrogens is 326 g/mol. The van der Waals surface area contributed by atoms with Gasteiger partial charge in [0.15, 0.2) is 11.4 Å². The van der Waals surface area contributed by atoms with Gasteiger partial charge < -0.3 is 10.4 Å². The van der Waals surface area contributed by atoms with Crippen molar-refractivity contribution in [2.45, 2.75) is 32.8 Å². The smallest absolute Gasteiger partial charge is 0.261 e. The molecule has 3 rings (SSSR count). The van der Waals surface area contributed by atoms with Gasteiger partial charge in [-0.3, -0.25) is 9.59 Å². The van der Waals surface area contributed by atoms with E-state index in [1.165, 1.54) is 6.07 Å². The van der Waals surface area contributed by atoms with Crippen LogP contribution >= 0.6 is 11.6 Å². The first-order chi connectivity index (χ1) is 11.2. The number of Topliss-reactive ketones (excluding diaryl/α,β-unsaturated/α-hetero) is 1. The molecule has 0 saturated carbocycles. The molecule has 24 heavy (non-hydrogen) atoms. The van der Waals surface area contributed by atoms with Crippen molar-refractivity contribution >= 4 is 29.0 Å². The van der Waals surface area contributed by atoms with Crippen LogP contribution in [-0.2, 0) is 10.4 Å². The summed E-state index contributed by atoms with van der Waals surface area (Å²) in [5, 5.41) is 13.9. The number of aliphatic hydroxyl groups is 1. The molecule has 1 aliphatic heterocycles. The molecule has 0 aliphatic carbocycles. The third-order valence-electron chi connectivity index (χ3n) is 4.42. The van der Waals surface area contributed by atoms with Crippen molar-refractivity contribution in [3.8, 4) is 0 Å². The van der Waals surface area contributed by atoms with Gasteiger partial charge in [0.05, 0.1) is 6.42 Å². The zero-order valence-electron chi connectivity index (χ0n) is 13.7. The number of anilines is 1. The Labute approximate surface area is 145 Å². The average Bonchev–Trinajstić information content (AvgIpc) is 2.69. The van der Waals surface area contributed by atoms with E-state index in [4.69, 9.17) is 11.6 Å². The van der Waals surface area contributed by atoms with E-state index in [0.717, 1.165) is 16.7 Å². The number of ketones is 1. The number of hydrogen-bond donors (Lipinski definition) is 2. The number of fused-ring (bicyclic) bond motifs is 1. The normalized spacial score (nSPS) is 19.1. The van der Waals surface area contributed by atoms with Crippen LogP contribution in [0.15, 0.2) is 30.3 Å². The summed E-state index contributed by atoms with van der Waals surface area (Å²) in [4.78, 5) is 25.1. The highest BCUT2D eigenvalue weighted by molar-refractivity contribution is 6.31. The van der Waals surface area contributed by atoms with E-state index < -0.39 is 11.5 Å². The van der Waals surface area contributed by atoms with E-state index in [1.807, 2.05) is 32.9 Å². The van der Waals surface area contributed by atoms with Crippen LogP contribution in [0.1, 0.15) is 39.0 Å². The van der Waals surface area contributed by atoms with Crippen molar-refractivity contribution in [1.82, 2.24) is 0 Å². The highest BCUT2D eigenvalue weighted by Gasteiger charge is 2.47. The number of carbonyl (C=O) groups is 2. The standard InChI is InChI=1S/C19H18ClNO3/c1-10-6-11(2)17(12(3)7-10)16(22)9-19(24)14-8-13(20)4-5-15(14)21-18(19)23/h4-8,24H,9H2,1-3H3,(H,21,23)/t19-/m1/s1.